The van der Waals surface area contributed by atoms with Gasteiger partial charge >= 0.3 is 0 Å². The normalized spacial score (nSPS) is 9.94. The molecule has 0 bridgehead atoms. The Labute approximate surface area is 95.3 Å². The number of rotatable bonds is 3. The Balaban J connectivity index is 3.10. The minimum absolute atomic E-state index is 0.218. The van der Waals surface area contributed by atoms with E-state index in [0.29, 0.717) is 18.7 Å². The summed E-state index contributed by atoms with van der Waals surface area (Å²) in [7, 11) is 0. The first kappa shape index (κ1) is 12.4. The Hall–Kier alpha value is -1.71. The zero-order chi connectivity index (χ0) is 12.1. The van der Waals surface area contributed by atoms with Crippen LogP contribution in [0.5, 0.6) is 0 Å². The Morgan fingerprint density at radius 1 is 1.25 bits per heavy atom. The van der Waals surface area contributed by atoms with Crippen LogP contribution in [0.4, 0.5) is 5.82 Å². The maximum Gasteiger partial charge on any atom is 0.234 e. The van der Waals surface area contributed by atoms with Crippen molar-refractivity contribution in [2.75, 3.05) is 4.90 Å². The van der Waals surface area contributed by atoms with Gasteiger partial charge in [0.1, 0.15) is 5.82 Å². The Kier molecular flexibility index (Phi) is 4.17. The van der Waals surface area contributed by atoms with Crippen LogP contribution in [-0.2, 0) is 9.59 Å². The highest BCUT2D eigenvalue weighted by atomic mass is 16.2. The highest BCUT2D eigenvalue weighted by molar-refractivity contribution is 6.13. The average Bonchev–Trinajstić information content (AvgIpc) is 2.29. The van der Waals surface area contributed by atoms with Crippen molar-refractivity contribution in [1.82, 2.24) is 4.98 Å². The zero-order valence-electron chi connectivity index (χ0n) is 9.86. The second-order valence-corrected chi connectivity index (χ2v) is 3.52. The molecule has 0 aliphatic heterocycles. The molecular formula is C12H16N2O2. The topological polar surface area (TPSA) is 50.3 Å². The van der Waals surface area contributed by atoms with E-state index in [2.05, 4.69) is 4.98 Å². The molecule has 0 unspecified atom stereocenters. The van der Waals surface area contributed by atoms with Gasteiger partial charge in [-0.25, -0.2) is 9.88 Å². The van der Waals surface area contributed by atoms with Gasteiger partial charge < -0.3 is 0 Å². The van der Waals surface area contributed by atoms with Gasteiger partial charge in [0.15, 0.2) is 0 Å². The van der Waals surface area contributed by atoms with E-state index in [1.165, 1.54) is 0 Å². The number of imide groups is 1. The third-order valence-electron chi connectivity index (χ3n) is 2.23. The fourth-order valence-electron chi connectivity index (χ4n) is 1.35. The van der Waals surface area contributed by atoms with Crippen LogP contribution < -0.4 is 4.90 Å². The number of anilines is 1. The fourth-order valence-corrected chi connectivity index (χ4v) is 1.35. The number of hydrogen-bond donors (Lipinski definition) is 0. The molecule has 1 rings (SSSR count). The summed E-state index contributed by atoms with van der Waals surface area (Å²) >= 11 is 0. The van der Waals surface area contributed by atoms with Crippen LogP contribution in [0, 0.1) is 6.92 Å². The van der Waals surface area contributed by atoms with Crippen molar-refractivity contribution in [1.29, 1.82) is 0 Å². The van der Waals surface area contributed by atoms with Crippen LogP contribution >= 0.6 is 0 Å². The Morgan fingerprint density at radius 2 is 1.81 bits per heavy atom. The minimum Gasteiger partial charge on any atom is -0.274 e. The van der Waals surface area contributed by atoms with Gasteiger partial charge in [0, 0.05) is 19.0 Å². The van der Waals surface area contributed by atoms with Crippen molar-refractivity contribution in [3.63, 3.8) is 0 Å². The van der Waals surface area contributed by atoms with Crippen LogP contribution in [-0.4, -0.2) is 16.8 Å². The lowest BCUT2D eigenvalue weighted by Crippen LogP contribution is -2.36. The van der Waals surface area contributed by atoms with Crippen molar-refractivity contribution < 1.29 is 9.59 Å². The molecule has 2 amide bonds. The molecule has 0 N–H and O–H groups in total. The predicted octanol–water partition coefficient (Wildman–Crippen LogP) is 2.07. The van der Waals surface area contributed by atoms with E-state index in [4.69, 9.17) is 0 Å². The molecule has 0 fully saturated rings. The van der Waals surface area contributed by atoms with Gasteiger partial charge in [-0.2, -0.15) is 0 Å². The van der Waals surface area contributed by atoms with Crippen LogP contribution in [0.25, 0.3) is 0 Å². The van der Waals surface area contributed by atoms with E-state index in [1.807, 2.05) is 13.0 Å². The molecule has 0 aliphatic carbocycles. The van der Waals surface area contributed by atoms with Crippen molar-refractivity contribution in [2.24, 2.45) is 0 Å². The van der Waals surface area contributed by atoms with Crippen LogP contribution in [0.1, 0.15) is 32.3 Å². The van der Waals surface area contributed by atoms with Gasteiger partial charge in [0.25, 0.3) is 0 Å². The first-order valence-electron chi connectivity index (χ1n) is 5.38. The summed E-state index contributed by atoms with van der Waals surface area (Å²) in [5.74, 6) is -0.0198. The summed E-state index contributed by atoms with van der Waals surface area (Å²) in [6.45, 7) is 5.36. The molecule has 16 heavy (non-hydrogen) atoms. The first-order chi connectivity index (χ1) is 7.60. The number of nitrogens with zero attached hydrogens (tertiary/aromatic N) is 2. The van der Waals surface area contributed by atoms with Gasteiger partial charge in [-0.1, -0.05) is 13.8 Å². The molecule has 0 aliphatic rings. The fraction of sp³-hybridized carbons (Fsp3) is 0.417. The molecule has 86 valence electrons. The van der Waals surface area contributed by atoms with E-state index in [1.54, 1.807) is 26.1 Å². The summed E-state index contributed by atoms with van der Waals surface area (Å²) in [6, 6.07) is 3.57. The smallest absolute Gasteiger partial charge is 0.234 e. The van der Waals surface area contributed by atoms with Crippen molar-refractivity contribution in [2.45, 2.75) is 33.6 Å². The summed E-state index contributed by atoms with van der Waals surface area (Å²) < 4.78 is 0. The summed E-state index contributed by atoms with van der Waals surface area (Å²) in [5.41, 5.74) is 0.975. The monoisotopic (exact) mass is 220 g/mol. The molecule has 1 aromatic rings. The highest BCUT2D eigenvalue weighted by Crippen LogP contribution is 2.14. The van der Waals surface area contributed by atoms with E-state index in [9.17, 15) is 9.59 Å². The SMILES string of the molecule is CCC(=O)N(C(=O)CC)c1cc(C)ccn1. The molecule has 1 heterocycles. The van der Waals surface area contributed by atoms with Crippen molar-refractivity contribution >= 4 is 17.6 Å². The quantitative estimate of drug-likeness (QED) is 0.783. The van der Waals surface area contributed by atoms with E-state index in [0.717, 1.165) is 10.5 Å². The Bertz CT molecular complexity index is 386. The average molecular weight is 220 g/mol. The van der Waals surface area contributed by atoms with Crippen LogP contribution in [0.2, 0.25) is 0 Å². The highest BCUT2D eigenvalue weighted by Gasteiger charge is 2.21. The molecular weight excluding hydrogens is 204 g/mol. The number of hydrogen-bond acceptors (Lipinski definition) is 3. The third-order valence-corrected chi connectivity index (χ3v) is 2.23. The Morgan fingerprint density at radius 3 is 2.25 bits per heavy atom. The number of carbonyl (C=O) groups excluding carboxylic acids is 2. The molecule has 0 saturated carbocycles. The van der Waals surface area contributed by atoms with Crippen LogP contribution in [0.15, 0.2) is 18.3 Å². The van der Waals surface area contributed by atoms with E-state index >= 15 is 0 Å². The molecule has 4 heteroatoms. The standard InChI is InChI=1S/C12H16N2O2/c1-4-11(15)14(12(16)5-2)10-8-9(3)6-7-13-10/h6-8H,4-5H2,1-3H3. The van der Waals surface area contributed by atoms with Crippen molar-refractivity contribution in [3.05, 3.63) is 23.9 Å². The minimum atomic E-state index is -0.218. The van der Waals surface area contributed by atoms with Gasteiger partial charge in [-0.3, -0.25) is 9.59 Å². The first-order valence-corrected chi connectivity index (χ1v) is 5.38. The van der Waals surface area contributed by atoms with Crippen molar-refractivity contribution in [3.8, 4) is 0 Å². The van der Waals surface area contributed by atoms with E-state index in [-0.39, 0.29) is 11.8 Å². The summed E-state index contributed by atoms with van der Waals surface area (Å²) in [4.78, 5) is 28.6. The van der Waals surface area contributed by atoms with Gasteiger partial charge in [-0.15, -0.1) is 0 Å². The maximum atomic E-state index is 11.7. The number of carbonyl (C=O) groups is 2. The van der Waals surface area contributed by atoms with E-state index < -0.39 is 0 Å². The molecule has 0 radical (unpaired) electrons. The molecule has 0 saturated heterocycles. The van der Waals surface area contributed by atoms with Gasteiger partial charge in [0.05, 0.1) is 0 Å². The zero-order valence-corrected chi connectivity index (χ0v) is 9.86. The summed E-state index contributed by atoms with van der Waals surface area (Å²) in [5, 5.41) is 0. The number of aryl methyl sites for hydroxylation is 1. The maximum absolute atomic E-state index is 11.7. The second-order valence-electron chi connectivity index (χ2n) is 3.52. The molecule has 0 aromatic carbocycles. The molecule has 0 spiro atoms. The largest absolute Gasteiger partial charge is 0.274 e. The van der Waals surface area contributed by atoms with Crippen LogP contribution in [0.3, 0.4) is 0 Å². The third kappa shape index (κ3) is 2.66. The summed E-state index contributed by atoms with van der Waals surface area (Å²) in [6.07, 6.45) is 2.19. The lowest BCUT2D eigenvalue weighted by Gasteiger charge is -2.18. The number of pyridine rings is 1. The lowest BCUT2D eigenvalue weighted by molar-refractivity contribution is -0.126. The lowest BCUT2D eigenvalue weighted by atomic mass is 10.2. The molecule has 1 aromatic heterocycles. The number of aromatic nitrogens is 1. The number of amides is 2. The van der Waals surface area contributed by atoms with Gasteiger partial charge in [0.2, 0.25) is 11.8 Å². The second kappa shape index (κ2) is 5.39. The molecule has 0 atom stereocenters. The predicted molar refractivity (Wildman–Crippen MR) is 62.0 cm³/mol. The van der Waals surface area contributed by atoms with Gasteiger partial charge in [-0.05, 0) is 24.6 Å². The molecule has 4 nitrogen and oxygen atoms in total.